The number of hydrogen-bond donors (Lipinski definition) is 1. The monoisotopic (exact) mass is 303 g/mol. The molecule has 3 nitrogen and oxygen atoms in total. The molecule has 0 aromatic heterocycles. The number of hydrogen-bond acceptors (Lipinski definition) is 2. The average molecular weight is 304 g/mol. The molecule has 4 aliphatic carbocycles. The zero-order chi connectivity index (χ0) is 14.4. The Morgan fingerprint density at radius 3 is 2.75 bits per heavy atom. The number of halogens is 2. The predicted molar refractivity (Wildman–Crippen MR) is 75.6 cm³/mol. The number of carbonyl (C=O) groups is 1. The molecule has 3 atom stereocenters. The number of ether oxygens (including phenoxy) is 1. The fraction of sp³-hybridized carbons (Fsp3) is 0.933. The van der Waals surface area contributed by atoms with Crippen molar-refractivity contribution in [2.75, 3.05) is 6.61 Å². The van der Waals surface area contributed by atoms with Crippen LogP contribution in [0.2, 0.25) is 0 Å². The van der Waals surface area contributed by atoms with E-state index in [2.05, 4.69) is 12.2 Å². The number of fused-ring (bicyclic) bond motifs is 1. The van der Waals surface area contributed by atoms with Crippen LogP contribution in [0.5, 0.6) is 0 Å². The van der Waals surface area contributed by atoms with Crippen molar-refractivity contribution in [2.45, 2.75) is 75.1 Å². The first-order chi connectivity index (χ1) is 9.40. The van der Waals surface area contributed by atoms with Crippen LogP contribution in [-0.4, -0.2) is 35.7 Å². The Bertz CT molecular complexity index is 397. The molecule has 1 amide bonds. The fourth-order valence-electron chi connectivity index (χ4n) is 4.35. The van der Waals surface area contributed by atoms with Gasteiger partial charge in [-0.3, -0.25) is 4.79 Å². The fourth-order valence-corrected chi connectivity index (χ4v) is 4.58. The topological polar surface area (TPSA) is 38.3 Å². The molecule has 4 rings (SSSR count). The van der Waals surface area contributed by atoms with Crippen LogP contribution in [0.3, 0.4) is 0 Å². The maximum Gasteiger partial charge on any atom is 0.246 e. The van der Waals surface area contributed by atoms with Gasteiger partial charge in [0.15, 0.2) is 0 Å². The molecule has 0 aliphatic heterocycles. The van der Waals surface area contributed by atoms with E-state index in [1.807, 2.05) is 0 Å². The van der Waals surface area contributed by atoms with Gasteiger partial charge in [-0.25, -0.2) is 4.39 Å². The van der Waals surface area contributed by atoms with Gasteiger partial charge in [0.2, 0.25) is 5.91 Å². The van der Waals surface area contributed by atoms with Crippen LogP contribution < -0.4 is 5.32 Å². The lowest BCUT2D eigenvalue weighted by Crippen LogP contribution is -2.55. The molecule has 0 aromatic carbocycles. The Hall–Kier alpha value is -0.350. The molecule has 4 saturated carbocycles. The Labute approximate surface area is 124 Å². The third-order valence-corrected chi connectivity index (χ3v) is 5.73. The summed E-state index contributed by atoms with van der Waals surface area (Å²) in [5, 5.41) is 2.73. The van der Waals surface area contributed by atoms with Crippen LogP contribution in [-0.2, 0) is 9.53 Å². The third-order valence-electron chi connectivity index (χ3n) is 5.24. The molecule has 1 N–H and O–H groups in total. The molecule has 0 heterocycles. The number of rotatable bonds is 4. The summed E-state index contributed by atoms with van der Waals surface area (Å²) in [7, 11) is 0. The minimum atomic E-state index is -1.01. The van der Waals surface area contributed by atoms with Gasteiger partial charge in [-0.2, -0.15) is 0 Å². The smallest absolute Gasteiger partial charge is 0.246 e. The van der Waals surface area contributed by atoms with Crippen LogP contribution in [0.4, 0.5) is 4.39 Å². The molecule has 0 saturated heterocycles. The molecule has 0 spiro atoms. The number of nitrogens with one attached hydrogen (secondary N) is 1. The highest BCUT2D eigenvalue weighted by atomic mass is 35.5. The third kappa shape index (κ3) is 2.82. The van der Waals surface area contributed by atoms with Crippen molar-refractivity contribution in [3.63, 3.8) is 0 Å². The molecule has 114 valence electrons. The van der Waals surface area contributed by atoms with Crippen molar-refractivity contribution in [3.8, 4) is 0 Å². The van der Waals surface area contributed by atoms with Crippen molar-refractivity contribution < 1.29 is 13.9 Å². The lowest BCUT2D eigenvalue weighted by atomic mass is 9.66. The number of amides is 1. The zero-order valence-corrected chi connectivity index (χ0v) is 12.7. The van der Waals surface area contributed by atoms with Crippen molar-refractivity contribution in [2.24, 2.45) is 5.41 Å². The van der Waals surface area contributed by atoms with Gasteiger partial charge in [-0.15, -0.1) is 11.6 Å². The van der Waals surface area contributed by atoms with E-state index in [9.17, 15) is 9.18 Å². The van der Waals surface area contributed by atoms with E-state index in [0.717, 1.165) is 25.7 Å². The SMILES string of the molecule is CC12CCC(NC(=O)COC3CCC(Cl)C(F)C3)(C1)C2. The lowest BCUT2D eigenvalue weighted by molar-refractivity contribution is -0.132. The Balaban J connectivity index is 1.40. The van der Waals surface area contributed by atoms with Crippen LogP contribution in [0.25, 0.3) is 0 Å². The largest absolute Gasteiger partial charge is 0.368 e. The molecular weight excluding hydrogens is 281 g/mol. The first-order valence-electron chi connectivity index (χ1n) is 7.61. The number of alkyl halides is 2. The summed E-state index contributed by atoms with van der Waals surface area (Å²) < 4.78 is 19.0. The molecule has 0 radical (unpaired) electrons. The second-order valence-corrected chi connectivity index (χ2v) is 7.83. The zero-order valence-electron chi connectivity index (χ0n) is 12.0. The van der Waals surface area contributed by atoms with Crippen molar-refractivity contribution in [3.05, 3.63) is 0 Å². The van der Waals surface area contributed by atoms with Gasteiger partial charge in [0.25, 0.3) is 0 Å². The first-order valence-corrected chi connectivity index (χ1v) is 8.04. The summed E-state index contributed by atoms with van der Waals surface area (Å²) in [6, 6.07) is 0. The van der Waals surface area contributed by atoms with E-state index in [0.29, 0.717) is 18.3 Å². The highest BCUT2D eigenvalue weighted by molar-refractivity contribution is 6.21. The molecule has 4 aliphatic rings. The minimum absolute atomic E-state index is 0.0334. The summed E-state index contributed by atoms with van der Waals surface area (Å²) >= 11 is 5.84. The van der Waals surface area contributed by atoms with Gasteiger partial charge < -0.3 is 10.1 Å². The maximum absolute atomic E-state index is 13.5. The van der Waals surface area contributed by atoms with Gasteiger partial charge in [0, 0.05) is 12.0 Å². The lowest BCUT2D eigenvalue weighted by Gasteiger charge is -2.46. The maximum atomic E-state index is 13.5. The van der Waals surface area contributed by atoms with Crippen molar-refractivity contribution in [1.29, 1.82) is 0 Å². The molecule has 2 bridgehead atoms. The molecule has 20 heavy (non-hydrogen) atoms. The molecule has 3 unspecified atom stereocenters. The van der Waals surface area contributed by atoms with E-state index in [1.54, 1.807) is 0 Å². The standard InChI is InChI=1S/C15H23ClFNO2/c1-14-4-5-15(8-14,9-14)18-13(19)7-20-10-2-3-11(16)12(17)6-10/h10-12H,2-9H2,1H3,(H,18,19). The normalized spacial score (nSPS) is 46.9. The van der Waals surface area contributed by atoms with Gasteiger partial charge in [0.1, 0.15) is 12.8 Å². The predicted octanol–water partition coefficient (Wildman–Crippen LogP) is 2.95. The molecule has 5 heteroatoms. The Morgan fingerprint density at radius 1 is 1.40 bits per heavy atom. The van der Waals surface area contributed by atoms with E-state index in [4.69, 9.17) is 16.3 Å². The van der Waals surface area contributed by atoms with Crippen LogP contribution in [0.1, 0.15) is 51.9 Å². The summed E-state index contributed by atoms with van der Waals surface area (Å²) in [5.74, 6) is -0.0580. The van der Waals surface area contributed by atoms with Gasteiger partial charge >= 0.3 is 0 Å². The highest BCUT2D eigenvalue weighted by Crippen LogP contribution is 2.60. The quantitative estimate of drug-likeness (QED) is 0.811. The van der Waals surface area contributed by atoms with Crippen molar-refractivity contribution in [1.82, 2.24) is 5.32 Å². The highest BCUT2D eigenvalue weighted by Gasteiger charge is 2.58. The minimum Gasteiger partial charge on any atom is -0.368 e. The van der Waals surface area contributed by atoms with Gasteiger partial charge in [0.05, 0.1) is 11.5 Å². The second-order valence-electron chi connectivity index (χ2n) is 7.27. The Morgan fingerprint density at radius 2 is 2.15 bits per heavy atom. The van der Waals surface area contributed by atoms with E-state index >= 15 is 0 Å². The Kier molecular flexibility index (Phi) is 3.74. The van der Waals surface area contributed by atoms with Crippen LogP contribution in [0, 0.1) is 5.41 Å². The van der Waals surface area contributed by atoms with E-state index in [1.165, 1.54) is 6.42 Å². The number of carbonyl (C=O) groups excluding carboxylic acids is 1. The average Bonchev–Trinajstić information content (AvgIpc) is 2.83. The summed E-state index contributed by atoms with van der Waals surface area (Å²) in [6.07, 6.45) is 4.97. The van der Waals surface area contributed by atoms with E-state index < -0.39 is 11.5 Å². The second kappa shape index (κ2) is 5.13. The van der Waals surface area contributed by atoms with Crippen LogP contribution >= 0.6 is 11.6 Å². The summed E-state index contributed by atoms with van der Waals surface area (Å²) in [5.41, 5.74) is 0.486. The molecule has 4 fully saturated rings. The van der Waals surface area contributed by atoms with Gasteiger partial charge in [-0.05, 0) is 43.9 Å². The van der Waals surface area contributed by atoms with Crippen molar-refractivity contribution >= 4 is 17.5 Å². The first kappa shape index (κ1) is 14.6. The molecule has 0 aromatic rings. The van der Waals surface area contributed by atoms with E-state index in [-0.39, 0.29) is 24.2 Å². The van der Waals surface area contributed by atoms with Gasteiger partial charge in [-0.1, -0.05) is 6.92 Å². The van der Waals surface area contributed by atoms with Crippen LogP contribution in [0.15, 0.2) is 0 Å². The summed E-state index contributed by atoms with van der Waals surface area (Å²) in [6.45, 7) is 2.33. The summed E-state index contributed by atoms with van der Waals surface area (Å²) in [4.78, 5) is 12.0. The molecular formula is C15H23ClFNO2.